The lowest BCUT2D eigenvalue weighted by Gasteiger charge is -2.16. The van der Waals surface area contributed by atoms with Crippen molar-refractivity contribution in [2.75, 3.05) is 13.2 Å². The van der Waals surface area contributed by atoms with Crippen LogP contribution in [-0.4, -0.2) is 25.2 Å². The van der Waals surface area contributed by atoms with Crippen LogP contribution in [0.4, 0.5) is 0 Å². The molecule has 0 saturated carbocycles. The van der Waals surface area contributed by atoms with Crippen molar-refractivity contribution >= 4 is 17.5 Å². The van der Waals surface area contributed by atoms with Gasteiger partial charge < -0.3 is 9.47 Å². The third-order valence-corrected chi connectivity index (χ3v) is 4.68. The third-order valence-electron chi connectivity index (χ3n) is 4.68. The number of hydrogen-bond donors (Lipinski definition) is 0. The molecule has 0 amide bonds. The fraction of sp³-hybridized carbons (Fsp3) is 0.308. The van der Waals surface area contributed by atoms with Crippen LogP contribution in [0, 0.1) is 28.6 Å². The lowest BCUT2D eigenvalue weighted by atomic mass is 9.89. The first-order valence-corrected chi connectivity index (χ1v) is 10.4. The number of rotatable bonds is 7. The second-order valence-electron chi connectivity index (χ2n) is 6.76. The predicted octanol–water partition coefficient (Wildman–Crippen LogP) is 5.04. The lowest BCUT2D eigenvalue weighted by Crippen LogP contribution is -2.21. The van der Waals surface area contributed by atoms with E-state index in [1.807, 2.05) is 79.7 Å². The lowest BCUT2D eigenvalue weighted by molar-refractivity contribution is -0.146. The van der Waals surface area contributed by atoms with E-state index in [1.165, 1.54) is 0 Å². The highest BCUT2D eigenvalue weighted by atomic mass is 16.5. The average molecular weight is 433 g/mol. The molecule has 2 aromatic rings. The zero-order valence-electron chi connectivity index (χ0n) is 18.9. The van der Waals surface area contributed by atoms with Gasteiger partial charge in [0.2, 0.25) is 0 Å². The monoisotopic (exact) mass is 432 g/mol. The third kappa shape index (κ3) is 7.74. The van der Waals surface area contributed by atoms with Crippen molar-refractivity contribution < 1.29 is 19.1 Å². The van der Waals surface area contributed by atoms with E-state index in [-0.39, 0.29) is 18.1 Å². The van der Waals surface area contributed by atoms with Crippen LogP contribution in [-0.2, 0) is 19.1 Å². The normalized spacial score (nSPS) is 12.4. The molecule has 2 aromatic carbocycles. The van der Waals surface area contributed by atoms with Crippen LogP contribution in [0.1, 0.15) is 44.7 Å². The summed E-state index contributed by atoms with van der Waals surface area (Å²) in [6.45, 7) is 7.62. The van der Waals surface area contributed by atoms with Crippen LogP contribution in [0.5, 0.6) is 0 Å². The van der Waals surface area contributed by atoms with E-state index < -0.39 is 17.9 Å². The molecule has 0 aromatic heterocycles. The SMILES string of the molecule is CCOC(=O)/C(C#N)=C(\C)c1ccccc1.CCOC(=O)C(C#N)C(C)c1ccccc1. The van der Waals surface area contributed by atoms with E-state index in [0.717, 1.165) is 11.1 Å². The molecule has 0 N–H and O–H groups in total. The molecule has 32 heavy (non-hydrogen) atoms. The van der Waals surface area contributed by atoms with E-state index in [2.05, 4.69) is 0 Å². The number of esters is 2. The number of allylic oxidation sites excluding steroid dienone is 1. The highest BCUT2D eigenvalue weighted by molar-refractivity contribution is 6.01. The first-order chi connectivity index (χ1) is 15.4. The molecular weight excluding hydrogens is 404 g/mol. The Balaban J connectivity index is 0.000000320. The number of carbonyl (C=O) groups is 2. The molecule has 166 valence electrons. The Morgan fingerprint density at radius 2 is 1.44 bits per heavy atom. The number of benzene rings is 2. The van der Waals surface area contributed by atoms with Gasteiger partial charge in [-0.2, -0.15) is 10.5 Å². The first kappa shape index (κ1) is 26.1. The molecule has 0 heterocycles. The molecule has 2 rings (SSSR count). The van der Waals surface area contributed by atoms with Crippen LogP contribution >= 0.6 is 0 Å². The molecule has 0 aliphatic rings. The van der Waals surface area contributed by atoms with Gasteiger partial charge >= 0.3 is 11.9 Å². The van der Waals surface area contributed by atoms with Gasteiger partial charge in [0.15, 0.2) is 5.92 Å². The van der Waals surface area contributed by atoms with E-state index in [9.17, 15) is 9.59 Å². The molecule has 6 heteroatoms. The quantitative estimate of drug-likeness (QED) is 0.345. The summed E-state index contributed by atoms with van der Waals surface area (Å²) in [5.41, 5.74) is 2.53. The summed E-state index contributed by atoms with van der Waals surface area (Å²) in [7, 11) is 0. The summed E-state index contributed by atoms with van der Waals surface area (Å²) in [5, 5.41) is 18.0. The van der Waals surface area contributed by atoms with Gasteiger partial charge in [0, 0.05) is 5.92 Å². The standard InChI is InChI=1S/C13H15NO2.C13H13NO2/c2*1-3-16-13(15)12(9-14)10(2)11-7-5-4-6-8-11/h4-8,10,12H,3H2,1-2H3;4-8H,3H2,1-2H3/b;12-10+. The van der Waals surface area contributed by atoms with Crippen molar-refractivity contribution in [1.29, 1.82) is 10.5 Å². The summed E-state index contributed by atoms with van der Waals surface area (Å²) in [6.07, 6.45) is 0. The van der Waals surface area contributed by atoms with Crippen molar-refractivity contribution in [3.8, 4) is 12.1 Å². The van der Waals surface area contributed by atoms with E-state index in [4.69, 9.17) is 20.0 Å². The van der Waals surface area contributed by atoms with Crippen molar-refractivity contribution in [2.45, 2.75) is 33.6 Å². The maximum atomic E-state index is 11.5. The molecule has 0 aliphatic carbocycles. The van der Waals surface area contributed by atoms with Gasteiger partial charge in [-0.1, -0.05) is 67.6 Å². The van der Waals surface area contributed by atoms with E-state index in [1.54, 1.807) is 20.8 Å². The van der Waals surface area contributed by atoms with Gasteiger partial charge in [-0.3, -0.25) is 4.79 Å². The second-order valence-corrected chi connectivity index (χ2v) is 6.76. The average Bonchev–Trinajstić information content (AvgIpc) is 2.82. The second kappa shape index (κ2) is 14.2. The Bertz CT molecular complexity index is 986. The minimum atomic E-state index is -0.734. The van der Waals surface area contributed by atoms with Gasteiger partial charge in [-0.05, 0) is 37.5 Å². The van der Waals surface area contributed by atoms with Gasteiger partial charge in [-0.25, -0.2) is 4.79 Å². The zero-order valence-corrected chi connectivity index (χ0v) is 18.9. The van der Waals surface area contributed by atoms with Gasteiger partial charge in [0.25, 0.3) is 0 Å². The van der Waals surface area contributed by atoms with Crippen LogP contribution in [0.2, 0.25) is 0 Å². The fourth-order valence-electron chi connectivity index (χ4n) is 2.87. The van der Waals surface area contributed by atoms with Crippen LogP contribution < -0.4 is 0 Å². The Labute approximate surface area is 189 Å². The highest BCUT2D eigenvalue weighted by Crippen LogP contribution is 2.24. The maximum Gasteiger partial charge on any atom is 0.349 e. The van der Waals surface area contributed by atoms with Crippen LogP contribution in [0.3, 0.4) is 0 Å². The highest BCUT2D eigenvalue weighted by Gasteiger charge is 2.27. The Morgan fingerprint density at radius 3 is 1.91 bits per heavy atom. The molecule has 0 radical (unpaired) electrons. The molecule has 0 aliphatic heterocycles. The van der Waals surface area contributed by atoms with Gasteiger partial charge in [-0.15, -0.1) is 0 Å². The zero-order chi connectivity index (χ0) is 23.9. The Morgan fingerprint density at radius 1 is 0.906 bits per heavy atom. The predicted molar refractivity (Wildman–Crippen MR) is 122 cm³/mol. The summed E-state index contributed by atoms with van der Waals surface area (Å²) in [6, 6.07) is 22.7. The topological polar surface area (TPSA) is 100 Å². The van der Waals surface area contributed by atoms with Crippen LogP contribution in [0.15, 0.2) is 66.2 Å². The fourth-order valence-corrected chi connectivity index (χ4v) is 2.87. The molecule has 6 nitrogen and oxygen atoms in total. The van der Waals surface area contributed by atoms with Gasteiger partial charge in [0.1, 0.15) is 11.6 Å². The summed E-state index contributed by atoms with van der Waals surface area (Å²) < 4.78 is 9.69. The van der Waals surface area contributed by atoms with E-state index in [0.29, 0.717) is 12.2 Å². The van der Waals surface area contributed by atoms with E-state index >= 15 is 0 Å². The Hall–Kier alpha value is -3.90. The largest absolute Gasteiger partial charge is 0.465 e. The number of nitriles is 2. The molecule has 0 fully saturated rings. The summed E-state index contributed by atoms with van der Waals surface area (Å²) >= 11 is 0. The molecule has 2 unspecified atom stereocenters. The van der Waals surface area contributed by atoms with Crippen LogP contribution in [0.25, 0.3) is 5.57 Å². The van der Waals surface area contributed by atoms with Crippen molar-refractivity contribution in [1.82, 2.24) is 0 Å². The molecule has 0 spiro atoms. The number of carbonyl (C=O) groups excluding carboxylic acids is 2. The number of ether oxygens (including phenoxy) is 2. The summed E-state index contributed by atoms with van der Waals surface area (Å²) in [5.74, 6) is -1.89. The van der Waals surface area contributed by atoms with Crippen molar-refractivity contribution in [3.05, 3.63) is 77.4 Å². The minimum Gasteiger partial charge on any atom is -0.465 e. The molecule has 0 saturated heterocycles. The van der Waals surface area contributed by atoms with Crippen molar-refractivity contribution in [3.63, 3.8) is 0 Å². The smallest absolute Gasteiger partial charge is 0.349 e. The number of nitrogens with zero attached hydrogens (tertiary/aromatic N) is 2. The minimum absolute atomic E-state index is 0.0630. The van der Waals surface area contributed by atoms with Gasteiger partial charge in [0.05, 0.1) is 19.3 Å². The Kier molecular flexibility index (Phi) is 11.6. The van der Waals surface area contributed by atoms with Crippen molar-refractivity contribution in [2.24, 2.45) is 5.92 Å². The number of hydrogen-bond acceptors (Lipinski definition) is 6. The molecular formula is C26H28N2O4. The first-order valence-electron chi connectivity index (χ1n) is 10.4. The molecule has 0 bridgehead atoms. The maximum absolute atomic E-state index is 11.5. The summed E-state index contributed by atoms with van der Waals surface area (Å²) in [4.78, 5) is 23.0. The molecule has 2 atom stereocenters.